The molecular formula is C6H14IN2-. The maximum absolute atomic E-state index is 2.54. The molecule has 0 aliphatic carbocycles. The van der Waals surface area contributed by atoms with Crippen molar-refractivity contribution in [2.45, 2.75) is 6.92 Å². The molecule has 1 heterocycles. The van der Waals surface area contributed by atoms with E-state index in [1.54, 1.807) is 0 Å². The first-order chi connectivity index (χ1) is 4.33. The van der Waals surface area contributed by atoms with Crippen LogP contribution < -0.4 is 21.5 Å². The van der Waals surface area contributed by atoms with Crippen LogP contribution in [0.25, 0.3) is 0 Å². The summed E-state index contributed by atoms with van der Waals surface area (Å²) in [6.45, 7) is 6.07. The number of rotatable bonds is 1. The Morgan fingerprint density at radius 2 is 2.22 bits per heavy atom. The standard InChI is InChI=1S/C6H14IN2/c1-3-9-5-4-8(2)7-6-9/h3-6H2,1-2H3/q-1. The Morgan fingerprint density at radius 3 is 2.67 bits per heavy atom. The fourth-order valence-corrected chi connectivity index (χ4v) is 3.14. The molecule has 1 fully saturated rings. The molecule has 0 aromatic rings. The van der Waals surface area contributed by atoms with E-state index in [9.17, 15) is 0 Å². The van der Waals surface area contributed by atoms with E-state index in [1.807, 2.05) is 0 Å². The van der Waals surface area contributed by atoms with Gasteiger partial charge in [-0.3, -0.25) is 0 Å². The van der Waals surface area contributed by atoms with Gasteiger partial charge in [0.25, 0.3) is 0 Å². The van der Waals surface area contributed by atoms with Crippen molar-refractivity contribution in [2.24, 2.45) is 0 Å². The Morgan fingerprint density at radius 1 is 1.44 bits per heavy atom. The average molecular weight is 241 g/mol. The number of likely N-dealkylation sites (N-methyl/N-ethyl adjacent to an activating group) is 2. The molecule has 1 rings (SSSR count). The number of alkyl halides is 1. The minimum atomic E-state index is 0.365. The van der Waals surface area contributed by atoms with Gasteiger partial charge in [0, 0.05) is 0 Å². The maximum atomic E-state index is 2.54. The molecule has 1 saturated heterocycles. The molecule has 0 aromatic heterocycles. The molecule has 0 saturated carbocycles. The molecule has 2 nitrogen and oxygen atoms in total. The second-order valence-corrected chi connectivity index (χ2v) is 5.29. The fraction of sp³-hybridized carbons (Fsp3) is 1.00. The van der Waals surface area contributed by atoms with Crippen molar-refractivity contribution in [2.75, 3.05) is 31.2 Å². The molecular weight excluding hydrogens is 227 g/mol. The van der Waals surface area contributed by atoms with Crippen LogP contribution in [0.4, 0.5) is 0 Å². The van der Waals surface area contributed by atoms with Crippen molar-refractivity contribution < 1.29 is 21.5 Å². The van der Waals surface area contributed by atoms with Crippen molar-refractivity contribution in [1.82, 2.24) is 8.01 Å². The Hall–Kier alpha value is 0.650. The molecule has 0 bridgehead atoms. The van der Waals surface area contributed by atoms with Crippen LogP contribution in [0.15, 0.2) is 0 Å². The molecule has 3 heteroatoms. The molecule has 0 aromatic carbocycles. The van der Waals surface area contributed by atoms with Crippen LogP contribution in [-0.4, -0.2) is 39.2 Å². The van der Waals surface area contributed by atoms with Gasteiger partial charge < -0.3 is 0 Å². The first-order valence-electron chi connectivity index (χ1n) is 3.36. The molecule has 0 N–H and O–H groups in total. The zero-order chi connectivity index (χ0) is 6.69. The van der Waals surface area contributed by atoms with E-state index in [0.717, 1.165) is 0 Å². The zero-order valence-electron chi connectivity index (χ0n) is 6.10. The van der Waals surface area contributed by atoms with Gasteiger partial charge in [-0.15, -0.1) is 0 Å². The molecule has 0 radical (unpaired) electrons. The summed E-state index contributed by atoms with van der Waals surface area (Å²) in [5, 5.41) is 0. The van der Waals surface area contributed by atoms with E-state index in [2.05, 4.69) is 22.0 Å². The zero-order valence-corrected chi connectivity index (χ0v) is 8.26. The monoisotopic (exact) mass is 241 g/mol. The van der Waals surface area contributed by atoms with Gasteiger partial charge in [-0.05, 0) is 0 Å². The number of nitrogens with zero attached hydrogens (tertiary/aromatic N) is 2. The Balaban J connectivity index is 2.18. The second-order valence-electron chi connectivity index (χ2n) is 2.28. The van der Waals surface area contributed by atoms with E-state index in [-0.39, 0.29) is 0 Å². The molecule has 1 aliphatic rings. The minimum absolute atomic E-state index is 0.365. The van der Waals surface area contributed by atoms with Crippen LogP contribution in [-0.2, 0) is 0 Å². The number of halogens is 1. The van der Waals surface area contributed by atoms with Crippen LogP contribution in [0.5, 0.6) is 0 Å². The average Bonchev–Trinajstić information content (AvgIpc) is 1.90. The van der Waals surface area contributed by atoms with Gasteiger partial charge in [0.1, 0.15) is 0 Å². The third-order valence-electron chi connectivity index (χ3n) is 1.60. The first-order valence-corrected chi connectivity index (χ1v) is 5.85. The summed E-state index contributed by atoms with van der Waals surface area (Å²) in [5.74, 6) is 0. The third-order valence-corrected chi connectivity index (χ3v) is 4.52. The summed E-state index contributed by atoms with van der Waals surface area (Å²) >= 11 is 0.365. The van der Waals surface area contributed by atoms with E-state index in [0.29, 0.717) is 21.5 Å². The summed E-state index contributed by atoms with van der Waals surface area (Å²) in [4.78, 5) is 2.54. The summed E-state index contributed by atoms with van der Waals surface area (Å²) < 4.78 is 3.86. The van der Waals surface area contributed by atoms with E-state index < -0.39 is 0 Å². The molecule has 0 amide bonds. The molecule has 56 valence electrons. The SMILES string of the molecule is CCN1CCN(C)[I-]C1. The summed E-state index contributed by atoms with van der Waals surface area (Å²) in [7, 11) is 2.24. The van der Waals surface area contributed by atoms with Gasteiger partial charge in [-0.1, -0.05) is 0 Å². The Labute approximate surface area is 67.8 Å². The van der Waals surface area contributed by atoms with Crippen LogP contribution >= 0.6 is 0 Å². The van der Waals surface area contributed by atoms with Crippen LogP contribution in [0.3, 0.4) is 0 Å². The van der Waals surface area contributed by atoms with Crippen LogP contribution in [0.2, 0.25) is 0 Å². The summed E-state index contributed by atoms with van der Waals surface area (Å²) in [6, 6.07) is 0. The van der Waals surface area contributed by atoms with E-state index in [4.69, 9.17) is 0 Å². The number of hydrogen-bond donors (Lipinski definition) is 0. The van der Waals surface area contributed by atoms with Crippen LogP contribution in [0, 0.1) is 0 Å². The van der Waals surface area contributed by atoms with Gasteiger partial charge in [0.15, 0.2) is 0 Å². The third kappa shape index (κ3) is 2.39. The van der Waals surface area contributed by atoms with Crippen molar-refractivity contribution in [3.05, 3.63) is 0 Å². The van der Waals surface area contributed by atoms with E-state index >= 15 is 0 Å². The van der Waals surface area contributed by atoms with Gasteiger partial charge in [-0.2, -0.15) is 0 Å². The second kappa shape index (κ2) is 3.73. The molecule has 9 heavy (non-hydrogen) atoms. The van der Waals surface area contributed by atoms with Crippen molar-refractivity contribution in [3.63, 3.8) is 0 Å². The normalized spacial score (nSPS) is 25.6. The number of hydrogen-bond acceptors (Lipinski definition) is 2. The first kappa shape index (κ1) is 7.75. The molecule has 0 atom stereocenters. The summed E-state index contributed by atoms with van der Waals surface area (Å²) in [5.41, 5.74) is 0. The van der Waals surface area contributed by atoms with Crippen molar-refractivity contribution in [1.29, 1.82) is 0 Å². The Bertz CT molecular complexity index is 79.1. The van der Waals surface area contributed by atoms with Gasteiger partial charge >= 0.3 is 67.6 Å². The summed E-state index contributed by atoms with van der Waals surface area (Å²) in [6.07, 6.45) is 0. The van der Waals surface area contributed by atoms with Crippen molar-refractivity contribution >= 4 is 0 Å². The van der Waals surface area contributed by atoms with Gasteiger partial charge in [0.05, 0.1) is 0 Å². The van der Waals surface area contributed by atoms with E-state index in [1.165, 1.54) is 24.2 Å². The van der Waals surface area contributed by atoms with Crippen molar-refractivity contribution in [3.8, 4) is 0 Å². The predicted octanol–water partition coefficient (Wildman–Crippen LogP) is -2.78. The Kier molecular flexibility index (Phi) is 3.21. The fourth-order valence-electron chi connectivity index (χ4n) is 0.808. The van der Waals surface area contributed by atoms with Gasteiger partial charge in [-0.25, -0.2) is 0 Å². The topological polar surface area (TPSA) is 6.48 Å². The molecule has 0 spiro atoms. The predicted molar refractivity (Wildman–Crippen MR) is 34.7 cm³/mol. The molecule has 0 unspecified atom stereocenters. The quantitative estimate of drug-likeness (QED) is 0.212. The van der Waals surface area contributed by atoms with Crippen LogP contribution in [0.1, 0.15) is 6.92 Å². The molecule has 1 aliphatic heterocycles. The van der Waals surface area contributed by atoms with Gasteiger partial charge in [0.2, 0.25) is 0 Å².